The van der Waals surface area contributed by atoms with Gasteiger partial charge in [0.15, 0.2) is 0 Å². The largest absolute Gasteiger partial charge is 2.00 e. The van der Waals surface area contributed by atoms with Crippen LogP contribution in [0.15, 0.2) is 4.99 Å². The maximum absolute atomic E-state index is 11.2. The van der Waals surface area contributed by atoms with E-state index >= 15 is 0 Å². The van der Waals surface area contributed by atoms with Crippen LogP contribution in [-0.4, -0.2) is 100 Å². The molecule has 0 saturated carbocycles. The van der Waals surface area contributed by atoms with Crippen molar-refractivity contribution in [1.29, 1.82) is 0 Å². The summed E-state index contributed by atoms with van der Waals surface area (Å²) < 4.78 is 59.8. The van der Waals surface area contributed by atoms with Gasteiger partial charge >= 0.3 is 37.7 Å². The maximum atomic E-state index is 11.2. The SMILES string of the molecule is CCCCCCCC(=O)NCCS(=O)(=O)O.CCCCCCCC([O-])=NCCS(=O)(=O)[O-].[Ca+2]. The molecule has 0 bridgehead atoms. The van der Waals surface area contributed by atoms with Gasteiger partial charge in [0.25, 0.3) is 10.1 Å². The van der Waals surface area contributed by atoms with Gasteiger partial charge in [0.2, 0.25) is 5.91 Å². The van der Waals surface area contributed by atoms with Crippen molar-refractivity contribution in [3.63, 3.8) is 0 Å². The molecule has 192 valence electrons. The van der Waals surface area contributed by atoms with Crippen LogP contribution in [0.4, 0.5) is 0 Å². The number of rotatable bonds is 18. The molecule has 13 heteroatoms. The number of aliphatic imine (C=N–C) groups is 1. The number of carbonyl (C=O) groups is 1. The summed E-state index contributed by atoms with van der Waals surface area (Å²) in [6.45, 7) is 4.01. The Morgan fingerprint density at radius 2 is 1.33 bits per heavy atom. The van der Waals surface area contributed by atoms with Crippen LogP contribution in [0.3, 0.4) is 0 Å². The minimum Gasteiger partial charge on any atom is -0.862 e. The minimum atomic E-state index is -4.25. The average Bonchev–Trinajstić information content (AvgIpc) is 2.66. The van der Waals surface area contributed by atoms with Crippen LogP contribution in [0, 0.1) is 0 Å². The Morgan fingerprint density at radius 3 is 1.79 bits per heavy atom. The van der Waals surface area contributed by atoms with Crippen LogP contribution in [0.25, 0.3) is 0 Å². The molecule has 0 unspecified atom stereocenters. The molecule has 0 radical (unpaired) electrons. The molecule has 0 fully saturated rings. The number of carbonyl (C=O) groups excluding carboxylic acids is 1. The predicted molar refractivity (Wildman–Crippen MR) is 129 cm³/mol. The van der Waals surface area contributed by atoms with Crippen LogP contribution in [-0.2, 0) is 25.0 Å². The van der Waals surface area contributed by atoms with E-state index in [1.54, 1.807) is 0 Å². The van der Waals surface area contributed by atoms with E-state index in [0.717, 1.165) is 44.9 Å². The van der Waals surface area contributed by atoms with Crippen LogP contribution in [0.1, 0.15) is 90.9 Å². The van der Waals surface area contributed by atoms with Crippen molar-refractivity contribution < 1.29 is 35.8 Å². The standard InChI is InChI=1S/2C10H21NO4S.Ca/c2*1-2-3-4-5-6-7-10(12)11-8-9-16(13,14)15;/h2*2-9H2,1H3,(H,11,12)(H,13,14,15);/q;;+2/p-2. The first kappa shape index (κ1) is 37.6. The third kappa shape index (κ3) is 36.8. The maximum Gasteiger partial charge on any atom is 2.00 e. The predicted octanol–water partition coefficient (Wildman–Crippen LogP) is 1.62. The van der Waals surface area contributed by atoms with Crippen LogP contribution >= 0.6 is 0 Å². The van der Waals surface area contributed by atoms with Crippen molar-refractivity contribution in [2.75, 3.05) is 24.6 Å². The summed E-state index contributed by atoms with van der Waals surface area (Å²) in [7, 11) is -8.22. The van der Waals surface area contributed by atoms with Gasteiger partial charge in [-0.1, -0.05) is 65.2 Å². The van der Waals surface area contributed by atoms with Crippen molar-refractivity contribution in [3.05, 3.63) is 0 Å². The molecule has 0 saturated heterocycles. The van der Waals surface area contributed by atoms with Gasteiger partial charge in [0, 0.05) is 13.0 Å². The van der Waals surface area contributed by atoms with E-state index in [0.29, 0.717) is 12.8 Å². The van der Waals surface area contributed by atoms with Gasteiger partial charge in [0.1, 0.15) is 0 Å². The van der Waals surface area contributed by atoms with Gasteiger partial charge in [-0.15, -0.1) is 0 Å². The van der Waals surface area contributed by atoms with Crippen molar-refractivity contribution >= 4 is 69.8 Å². The summed E-state index contributed by atoms with van der Waals surface area (Å²) in [5.41, 5.74) is 0. The Kier molecular flexibility index (Phi) is 27.0. The minimum absolute atomic E-state index is 0. The Labute approximate surface area is 229 Å². The smallest absolute Gasteiger partial charge is 0.862 e. The third-order valence-electron chi connectivity index (χ3n) is 4.31. The van der Waals surface area contributed by atoms with E-state index in [9.17, 15) is 31.3 Å². The van der Waals surface area contributed by atoms with Gasteiger partial charge < -0.3 is 20.0 Å². The quantitative estimate of drug-likeness (QED) is 0.0866. The summed E-state index contributed by atoms with van der Waals surface area (Å²) in [4.78, 5) is 14.7. The molecule has 0 atom stereocenters. The van der Waals surface area contributed by atoms with Crippen LogP contribution < -0.4 is 10.4 Å². The number of nitrogens with zero attached hydrogens (tertiary/aromatic N) is 1. The summed E-state index contributed by atoms with van der Waals surface area (Å²) >= 11 is 0. The van der Waals surface area contributed by atoms with Gasteiger partial charge in [-0.25, -0.2) is 8.42 Å². The fourth-order valence-electron chi connectivity index (χ4n) is 2.54. The fraction of sp³-hybridized carbons (Fsp3) is 0.900. The van der Waals surface area contributed by atoms with Gasteiger partial charge in [-0.3, -0.25) is 9.35 Å². The molecule has 33 heavy (non-hydrogen) atoms. The van der Waals surface area contributed by atoms with Crippen LogP contribution in [0.2, 0.25) is 0 Å². The van der Waals surface area contributed by atoms with E-state index in [-0.39, 0.29) is 62.6 Å². The molecule has 0 heterocycles. The van der Waals surface area contributed by atoms with E-state index in [2.05, 4.69) is 24.2 Å². The molecule has 0 aliphatic heterocycles. The van der Waals surface area contributed by atoms with Crippen molar-refractivity contribution in [3.8, 4) is 0 Å². The Bertz CT molecular complexity index is 714. The van der Waals surface area contributed by atoms with E-state index in [1.807, 2.05) is 0 Å². The third-order valence-corrected chi connectivity index (χ3v) is 5.72. The van der Waals surface area contributed by atoms with Gasteiger partial charge in [-0.05, 0) is 25.2 Å². The van der Waals surface area contributed by atoms with Crippen LogP contribution in [0.5, 0.6) is 0 Å². The first-order valence-electron chi connectivity index (χ1n) is 11.3. The number of nitrogens with one attached hydrogen (secondary N) is 1. The second-order valence-corrected chi connectivity index (χ2v) is 10.6. The van der Waals surface area contributed by atoms with E-state index < -0.39 is 31.7 Å². The topological polar surface area (TPSA) is 176 Å². The summed E-state index contributed by atoms with van der Waals surface area (Å²) in [5.74, 6) is -1.47. The zero-order valence-electron chi connectivity index (χ0n) is 20.1. The van der Waals surface area contributed by atoms with Crippen molar-refractivity contribution in [2.45, 2.75) is 90.9 Å². The number of hydrogen-bond donors (Lipinski definition) is 2. The molecule has 0 aliphatic carbocycles. The Hall–Kier alpha value is 0.0197. The molecule has 0 aromatic heterocycles. The van der Waals surface area contributed by atoms with E-state index in [4.69, 9.17) is 4.55 Å². The molecule has 0 aromatic rings. The number of hydrogen-bond acceptors (Lipinski definition) is 8. The second-order valence-electron chi connectivity index (χ2n) is 7.50. The summed E-state index contributed by atoms with van der Waals surface area (Å²) in [6.07, 6.45) is 11.3. The molecule has 2 N–H and O–H groups in total. The van der Waals surface area contributed by atoms with E-state index in [1.165, 1.54) is 19.3 Å². The zero-order chi connectivity index (χ0) is 24.9. The van der Waals surface area contributed by atoms with Crippen molar-refractivity contribution in [1.82, 2.24) is 5.32 Å². The molecular formula is C20H40CaN2O8S2. The zero-order valence-corrected chi connectivity index (χ0v) is 23.9. The summed E-state index contributed by atoms with van der Waals surface area (Å²) in [6, 6.07) is 0. The van der Waals surface area contributed by atoms with Gasteiger partial charge in [-0.2, -0.15) is 8.42 Å². The molecule has 0 rings (SSSR count). The normalized spacial score (nSPS) is 11.8. The first-order chi connectivity index (χ1) is 14.9. The average molecular weight is 541 g/mol. The fourth-order valence-corrected chi connectivity index (χ4v) is 3.21. The molecule has 1 amide bonds. The molecular weight excluding hydrogens is 500 g/mol. The second kappa shape index (κ2) is 23.7. The molecule has 0 aliphatic rings. The molecule has 10 nitrogen and oxygen atoms in total. The summed E-state index contributed by atoms with van der Waals surface area (Å²) in [5, 5.41) is 13.6. The van der Waals surface area contributed by atoms with Gasteiger partial charge in [0.05, 0.1) is 28.2 Å². The molecule has 0 aromatic carbocycles. The first-order valence-corrected chi connectivity index (χ1v) is 14.5. The Balaban J connectivity index is -0.000000529. The van der Waals surface area contributed by atoms with Crippen molar-refractivity contribution in [2.24, 2.45) is 4.99 Å². The monoisotopic (exact) mass is 540 g/mol. The Morgan fingerprint density at radius 1 is 0.848 bits per heavy atom. The number of unbranched alkanes of at least 4 members (excludes halogenated alkanes) is 8. The number of amides is 1. The molecule has 0 spiro atoms.